The number of anilines is 1. The molecule has 1 aromatic rings. The molecule has 0 saturated heterocycles. The van der Waals surface area contributed by atoms with E-state index in [1.54, 1.807) is 4.68 Å². The van der Waals surface area contributed by atoms with E-state index in [4.69, 9.17) is 5.73 Å². The monoisotopic (exact) mass is 302 g/mol. The Morgan fingerprint density at radius 1 is 1.40 bits per heavy atom. The summed E-state index contributed by atoms with van der Waals surface area (Å²) in [6, 6.07) is 0. The first kappa shape index (κ1) is 17.0. The van der Waals surface area contributed by atoms with Gasteiger partial charge in [0.2, 0.25) is 10.0 Å². The molecule has 1 aromatic heterocycles. The normalized spacial score (nSPS) is 12.2. The molecule has 6 nitrogen and oxygen atoms in total. The van der Waals surface area contributed by atoms with Gasteiger partial charge in [-0.05, 0) is 18.8 Å². The summed E-state index contributed by atoms with van der Waals surface area (Å²) in [5.41, 5.74) is 5.68. The fraction of sp³-hybridized carbons (Fsp3) is 0.769. The zero-order valence-electron chi connectivity index (χ0n) is 12.6. The number of nitrogens with one attached hydrogen (secondary N) is 1. The molecule has 0 atom stereocenters. The number of rotatable bonds is 9. The van der Waals surface area contributed by atoms with Crippen molar-refractivity contribution in [2.75, 3.05) is 12.3 Å². The van der Waals surface area contributed by atoms with Crippen LogP contribution in [0.1, 0.15) is 46.5 Å². The molecule has 0 aliphatic carbocycles. The van der Waals surface area contributed by atoms with Crippen molar-refractivity contribution in [1.82, 2.24) is 14.5 Å². The van der Waals surface area contributed by atoms with Gasteiger partial charge in [0.1, 0.15) is 4.90 Å². The van der Waals surface area contributed by atoms with Gasteiger partial charge in [0.25, 0.3) is 0 Å². The van der Waals surface area contributed by atoms with Crippen LogP contribution in [0.2, 0.25) is 0 Å². The molecule has 0 radical (unpaired) electrons. The van der Waals surface area contributed by atoms with E-state index in [0.717, 1.165) is 25.7 Å². The van der Waals surface area contributed by atoms with E-state index in [1.165, 1.54) is 6.20 Å². The average molecular weight is 302 g/mol. The molecular weight excluding hydrogens is 276 g/mol. The average Bonchev–Trinajstić information content (AvgIpc) is 2.70. The van der Waals surface area contributed by atoms with Crippen LogP contribution < -0.4 is 10.5 Å². The van der Waals surface area contributed by atoms with Gasteiger partial charge in [-0.1, -0.05) is 33.6 Å². The number of unbranched alkanes of at least 4 members (excludes halogenated alkanes) is 1. The van der Waals surface area contributed by atoms with Crippen LogP contribution in [0.25, 0.3) is 0 Å². The second kappa shape index (κ2) is 7.64. The number of sulfonamides is 1. The summed E-state index contributed by atoms with van der Waals surface area (Å²) in [5.74, 6) is 0.711. The number of aryl methyl sites for hydroxylation is 1. The van der Waals surface area contributed by atoms with E-state index >= 15 is 0 Å². The summed E-state index contributed by atoms with van der Waals surface area (Å²) < 4.78 is 28.4. The van der Waals surface area contributed by atoms with Crippen LogP contribution in [-0.2, 0) is 16.6 Å². The number of hydrogen-bond donors (Lipinski definition) is 2. The number of hydrogen-bond acceptors (Lipinski definition) is 4. The fourth-order valence-corrected chi connectivity index (χ4v) is 3.08. The molecule has 0 amide bonds. The van der Waals surface area contributed by atoms with Crippen molar-refractivity contribution in [3.63, 3.8) is 0 Å². The van der Waals surface area contributed by atoms with Crippen LogP contribution in [0.5, 0.6) is 0 Å². The zero-order valence-corrected chi connectivity index (χ0v) is 13.4. The second-order valence-corrected chi connectivity index (χ2v) is 7.16. The molecule has 0 aliphatic rings. The molecule has 1 rings (SSSR count). The predicted octanol–water partition coefficient (Wildman–Crippen LogP) is 1.98. The van der Waals surface area contributed by atoms with Crippen LogP contribution in [0.3, 0.4) is 0 Å². The van der Waals surface area contributed by atoms with Gasteiger partial charge in [0.05, 0.1) is 0 Å². The second-order valence-electron chi connectivity index (χ2n) is 5.43. The molecule has 0 fully saturated rings. The van der Waals surface area contributed by atoms with Crippen LogP contribution in [0, 0.1) is 5.92 Å². The molecule has 20 heavy (non-hydrogen) atoms. The van der Waals surface area contributed by atoms with E-state index in [-0.39, 0.29) is 10.7 Å². The largest absolute Gasteiger partial charge is 0.381 e. The minimum Gasteiger partial charge on any atom is -0.381 e. The van der Waals surface area contributed by atoms with E-state index in [1.807, 2.05) is 6.92 Å². The first-order valence-electron chi connectivity index (χ1n) is 7.19. The first-order chi connectivity index (χ1) is 9.36. The Morgan fingerprint density at radius 2 is 2.10 bits per heavy atom. The smallest absolute Gasteiger partial charge is 0.245 e. The highest BCUT2D eigenvalue weighted by Crippen LogP contribution is 2.16. The quantitative estimate of drug-likeness (QED) is 0.682. The van der Waals surface area contributed by atoms with Gasteiger partial charge in [0.15, 0.2) is 5.82 Å². The van der Waals surface area contributed by atoms with Crippen molar-refractivity contribution in [3.05, 3.63) is 6.20 Å². The Bertz CT molecular complexity index is 508. The summed E-state index contributed by atoms with van der Waals surface area (Å²) in [5, 5.41) is 4.01. The molecule has 116 valence electrons. The Morgan fingerprint density at radius 3 is 2.70 bits per heavy atom. The third-order valence-corrected chi connectivity index (χ3v) is 4.48. The third kappa shape index (κ3) is 5.13. The standard InChI is InChI=1S/C13H26N4O2S/c1-4-9-17-10-12(13(14)16-17)20(18,19)15-8-6-5-7-11(2)3/h10-11,15H,4-9H2,1-3H3,(H2,14,16). The molecule has 3 N–H and O–H groups in total. The summed E-state index contributed by atoms with van der Waals surface area (Å²) >= 11 is 0. The van der Waals surface area contributed by atoms with Crippen LogP contribution >= 0.6 is 0 Å². The Balaban J connectivity index is 2.55. The molecule has 0 aliphatic heterocycles. The fourth-order valence-electron chi connectivity index (χ4n) is 1.93. The van der Waals surface area contributed by atoms with Crippen LogP contribution in [-0.4, -0.2) is 24.7 Å². The SMILES string of the molecule is CCCn1cc(S(=O)(=O)NCCCCC(C)C)c(N)n1. The molecule has 0 aromatic carbocycles. The van der Waals surface area contributed by atoms with E-state index < -0.39 is 10.0 Å². The summed E-state index contributed by atoms with van der Waals surface area (Å²) in [7, 11) is -3.55. The molecule has 0 unspecified atom stereocenters. The summed E-state index contributed by atoms with van der Waals surface area (Å²) in [4.78, 5) is 0.0785. The minimum atomic E-state index is -3.55. The van der Waals surface area contributed by atoms with Crippen molar-refractivity contribution in [2.24, 2.45) is 5.92 Å². The lowest BCUT2D eigenvalue weighted by Crippen LogP contribution is -2.25. The highest BCUT2D eigenvalue weighted by atomic mass is 32.2. The number of nitrogens with zero attached hydrogens (tertiary/aromatic N) is 2. The highest BCUT2D eigenvalue weighted by Gasteiger charge is 2.20. The maximum Gasteiger partial charge on any atom is 0.245 e. The van der Waals surface area contributed by atoms with Crippen molar-refractivity contribution in [3.8, 4) is 0 Å². The number of aromatic nitrogens is 2. The lowest BCUT2D eigenvalue weighted by atomic mass is 10.1. The van der Waals surface area contributed by atoms with E-state index in [9.17, 15) is 8.42 Å². The zero-order chi connectivity index (χ0) is 15.2. The maximum atomic E-state index is 12.1. The van der Waals surface area contributed by atoms with Gasteiger partial charge in [-0.25, -0.2) is 13.1 Å². The molecule has 0 saturated carbocycles. The van der Waals surface area contributed by atoms with Crippen molar-refractivity contribution in [1.29, 1.82) is 0 Å². The predicted molar refractivity (Wildman–Crippen MR) is 80.8 cm³/mol. The number of nitrogens with two attached hydrogens (primary N) is 1. The van der Waals surface area contributed by atoms with Gasteiger partial charge in [0, 0.05) is 19.3 Å². The summed E-state index contributed by atoms with van der Waals surface area (Å²) in [6.45, 7) is 7.42. The first-order valence-corrected chi connectivity index (χ1v) is 8.67. The Hall–Kier alpha value is -1.08. The molecule has 0 bridgehead atoms. The highest BCUT2D eigenvalue weighted by molar-refractivity contribution is 7.89. The van der Waals surface area contributed by atoms with Crippen LogP contribution in [0.15, 0.2) is 11.1 Å². The molecule has 7 heteroatoms. The van der Waals surface area contributed by atoms with Crippen molar-refractivity contribution < 1.29 is 8.42 Å². The third-order valence-electron chi connectivity index (χ3n) is 3.00. The van der Waals surface area contributed by atoms with Gasteiger partial charge in [-0.15, -0.1) is 0 Å². The van der Waals surface area contributed by atoms with Gasteiger partial charge >= 0.3 is 0 Å². The van der Waals surface area contributed by atoms with Gasteiger partial charge < -0.3 is 5.73 Å². The summed E-state index contributed by atoms with van der Waals surface area (Å²) in [6.07, 6.45) is 5.34. The lowest BCUT2D eigenvalue weighted by molar-refractivity contribution is 0.530. The molecular formula is C13H26N4O2S. The van der Waals surface area contributed by atoms with Crippen molar-refractivity contribution in [2.45, 2.75) is 57.9 Å². The van der Waals surface area contributed by atoms with Gasteiger partial charge in [-0.3, -0.25) is 4.68 Å². The topological polar surface area (TPSA) is 90.0 Å². The number of nitrogen functional groups attached to an aromatic ring is 1. The van der Waals surface area contributed by atoms with E-state index in [2.05, 4.69) is 23.7 Å². The Kier molecular flexibility index (Phi) is 6.48. The molecule has 0 spiro atoms. The van der Waals surface area contributed by atoms with Gasteiger partial charge in [-0.2, -0.15) is 5.10 Å². The Labute approximate surface area is 121 Å². The maximum absolute atomic E-state index is 12.1. The van der Waals surface area contributed by atoms with E-state index in [0.29, 0.717) is 19.0 Å². The molecule has 1 heterocycles. The van der Waals surface area contributed by atoms with Crippen LogP contribution in [0.4, 0.5) is 5.82 Å². The van der Waals surface area contributed by atoms with Crippen molar-refractivity contribution >= 4 is 15.8 Å². The lowest BCUT2D eigenvalue weighted by Gasteiger charge is -2.06. The minimum absolute atomic E-state index is 0.0631.